The molecule has 3 aromatic rings. The lowest BCUT2D eigenvalue weighted by Gasteiger charge is -2.39. The number of carboxylic acid groups (broad SMARTS) is 1. The molecule has 4 N–H and O–H groups in total. The summed E-state index contributed by atoms with van der Waals surface area (Å²) in [7, 11) is 0. The number of aliphatic hydroxyl groups is 1. The van der Waals surface area contributed by atoms with Crippen molar-refractivity contribution in [3.8, 4) is 0 Å². The Morgan fingerprint density at radius 3 is 2.18 bits per heavy atom. The Morgan fingerprint density at radius 1 is 0.974 bits per heavy atom. The largest absolute Gasteiger partial charge is 0.481 e. The lowest BCUT2D eigenvalue weighted by Crippen LogP contribution is -2.58. The molecule has 5 rings (SSSR count). The van der Waals surface area contributed by atoms with Crippen LogP contribution in [0.1, 0.15) is 35.6 Å². The van der Waals surface area contributed by atoms with E-state index in [-0.39, 0.29) is 13.0 Å². The molecule has 3 aromatic carbocycles. The number of aliphatic carboxylic acids is 1. The number of rotatable bonds is 6. The van der Waals surface area contributed by atoms with Gasteiger partial charge in [-0.15, -0.1) is 0 Å². The van der Waals surface area contributed by atoms with E-state index in [4.69, 9.17) is 11.6 Å². The zero-order valence-corrected chi connectivity index (χ0v) is 21.7. The molecule has 9 heteroatoms. The van der Waals surface area contributed by atoms with E-state index in [0.29, 0.717) is 17.1 Å². The maximum Gasteiger partial charge on any atom is 0.319 e. The maximum absolute atomic E-state index is 13.3. The van der Waals surface area contributed by atoms with Crippen LogP contribution in [0, 0.1) is 0 Å². The predicted octanol–water partition coefficient (Wildman–Crippen LogP) is 4.23. The number of aliphatic hydroxyl groups excluding tert-OH is 1. The molecule has 38 heavy (non-hydrogen) atoms. The lowest BCUT2D eigenvalue weighted by molar-refractivity contribution is -0.143. The van der Waals surface area contributed by atoms with Crippen LogP contribution in [0.5, 0.6) is 0 Å². The second kappa shape index (κ2) is 12.1. The number of urea groups is 1. The third-order valence-electron chi connectivity index (χ3n) is 6.54. The summed E-state index contributed by atoms with van der Waals surface area (Å²) in [5.41, 5.74) is 5.38. The van der Waals surface area contributed by atoms with Crippen LogP contribution < -0.4 is 10.6 Å². The molecule has 0 fully saturated rings. The molecule has 198 valence electrons. The summed E-state index contributed by atoms with van der Waals surface area (Å²) in [5, 5.41) is 25.0. The Bertz CT molecular complexity index is 1310. The van der Waals surface area contributed by atoms with Crippen molar-refractivity contribution in [2.24, 2.45) is 0 Å². The van der Waals surface area contributed by atoms with Gasteiger partial charge < -0.3 is 25.7 Å². The number of nitrogens with one attached hydrogen (secondary N) is 2. The van der Waals surface area contributed by atoms with Gasteiger partial charge in [0.15, 0.2) is 0 Å². The number of halogens is 1. The molecule has 0 saturated carbocycles. The van der Waals surface area contributed by atoms with Crippen LogP contribution in [0.3, 0.4) is 0 Å². The van der Waals surface area contributed by atoms with Crippen molar-refractivity contribution in [2.75, 3.05) is 5.32 Å². The van der Waals surface area contributed by atoms with Crippen LogP contribution >= 0.6 is 11.6 Å². The Morgan fingerprint density at radius 2 is 1.61 bits per heavy atom. The Hall–Kier alpha value is -3.88. The summed E-state index contributed by atoms with van der Waals surface area (Å²) < 4.78 is 0. The van der Waals surface area contributed by atoms with Gasteiger partial charge in [0.1, 0.15) is 6.04 Å². The SMILES string of the molecule is CC(O)C(NC(=O)Nc1cccc(Cl)c1)C(=O)N1Cc2ccccc2C[C@@H]1CC(=O)O.c1ccc2c(c1)C2. The highest BCUT2D eigenvalue weighted by atomic mass is 35.5. The van der Waals surface area contributed by atoms with Gasteiger partial charge in [-0.2, -0.15) is 0 Å². The minimum absolute atomic E-state index is 0.202. The molecule has 1 heterocycles. The molecule has 0 saturated heterocycles. The van der Waals surface area contributed by atoms with Crippen molar-refractivity contribution in [2.45, 2.75) is 50.9 Å². The van der Waals surface area contributed by atoms with E-state index in [1.165, 1.54) is 29.4 Å². The lowest BCUT2D eigenvalue weighted by atomic mass is 9.91. The van der Waals surface area contributed by atoms with Gasteiger partial charge >= 0.3 is 12.0 Å². The van der Waals surface area contributed by atoms with Crippen LogP contribution in [-0.2, 0) is 29.0 Å². The first kappa shape index (κ1) is 27.2. The fourth-order valence-electron chi connectivity index (χ4n) is 4.51. The number of anilines is 1. The van der Waals surface area contributed by atoms with Gasteiger partial charge in [0.25, 0.3) is 0 Å². The molecular formula is C29H30ClN3O5. The van der Waals surface area contributed by atoms with E-state index >= 15 is 0 Å². The highest BCUT2D eigenvalue weighted by Crippen LogP contribution is 2.27. The first-order valence-electron chi connectivity index (χ1n) is 12.4. The highest BCUT2D eigenvalue weighted by molar-refractivity contribution is 6.30. The number of amides is 3. The Kier molecular flexibility index (Phi) is 8.66. The van der Waals surface area contributed by atoms with E-state index in [1.807, 2.05) is 24.3 Å². The predicted molar refractivity (Wildman–Crippen MR) is 145 cm³/mol. The van der Waals surface area contributed by atoms with Crippen LogP contribution in [-0.4, -0.2) is 51.2 Å². The summed E-state index contributed by atoms with van der Waals surface area (Å²) >= 11 is 5.91. The molecule has 0 bridgehead atoms. The fourth-order valence-corrected chi connectivity index (χ4v) is 4.70. The summed E-state index contributed by atoms with van der Waals surface area (Å²) in [5.74, 6) is -1.57. The minimum atomic E-state index is -1.25. The summed E-state index contributed by atoms with van der Waals surface area (Å²) in [6, 6.07) is 20.0. The maximum atomic E-state index is 13.3. The molecule has 3 atom stereocenters. The van der Waals surface area contributed by atoms with Crippen molar-refractivity contribution in [1.82, 2.24) is 10.2 Å². The molecule has 1 aliphatic carbocycles. The van der Waals surface area contributed by atoms with Gasteiger partial charge in [-0.1, -0.05) is 66.2 Å². The van der Waals surface area contributed by atoms with Crippen molar-refractivity contribution in [1.29, 1.82) is 0 Å². The van der Waals surface area contributed by atoms with E-state index in [2.05, 4.69) is 34.9 Å². The topological polar surface area (TPSA) is 119 Å². The molecule has 3 amide bonds. The van der Waals surface area contributed by atoms with Gasteiger partial charge in [0.05, 0.1) is 12.5 Å². The number of carbonyl (C=O) groups is 3. The molecule has 0 aromatic heterocycles. The molecule has 0 spiro atoms. The first-order valence-corrected chi connectivity index (χ1v) is 12.8. The molecule has 2 unspecified atom stereocenters. The molecule has 0 radical (unpaired) electrons. The number of carbonyl (C=O) groups excluding carboxylic acids is 2. The third kappa shape index (κ3) is 7.12. The molecule has 1 aliphatic heterocycles. The van der Waals surface area contributed by atoms with Crippen molar-refractivity contribution < 1.29 is 24.6 Å². The summed E-state index contributed by atoms with van der Waals surface area (Å²) in [6.45, 7) is 1.60. The first-order chi connectivity index (χ1) is 18.2. The zero-order valence-electron chi connectivity index (χ0n) is 20.9. The summed E-state index contributed by atoms with van der Waals surface area (Å²) in [4.78, 5) is 38.5. The number of carboxylic acids is 1. The summed E-state index contributed by atoms with van der Waals surface area (Å²) in [6.07, 6.45) is 0.198. The number of hydrogen-bond acceptors (Lipinski definition) is 4. The second-order valence-electron chi connectivity index (χ2n) is 9.46. The van der Waals surface area contributed by atoms with Crippen LogP contribution in [0.25, 0.3) is 0 Å². The standard InChI is InChI=1S/C22H24ClN3O5.C7H6/c1-13(27)20(25-22(31)24-17-8-4-7-16(23)10-17)21(30)26-12-15-6-3-2-5-14(15)9-18(26)11-19(28)29;1-2-4-7-5-6(7)3-1/h2-8,10,13,18,20,27H,9,11-12H2,1H3,(H,28,29)(H2,24,25,31);1-4H,5H2/t13?,18-,20?;/m1./s1. The monoisotopic (exact) mass is 535 g/mol. The number of benzene rings is 3. The van der Waals surface area contributed by atoms with Gasteiger partial charge in [-0.25, -0.2) is 4.79 Å². The van der Waals surface area contributed by atoms with E-state index in [9.17, 15) is 24.6 Å². The van der Waals surface area contributed by atoms with Crippen LogP contribution in [0.4, 0.5) is 10.5 Å². The smallest absolute Gasteiger partial charge is 0.319 e. The van der Waals surface area contributed by atoms with E-state index in [1.54, 1.807) is 24.3 Å². The van der Waals surface area contributed by atoms with E-state index in [0.717, 1.165) is 11.1 Å². The normalized spacial score (nSPS) is 16.5. The Labute approximate surface area is 226 Å². The molecule has 2 aliphatic rings. The van der Waals surface area contributed by atoms with Crippen molar-refractivity contribution in [3.63, 3.8) is 0 Å². The quantitative estimate of drug-likeness (QED) is 0.294. The van der Waals surface area contributed by atoms with Gasteiger partial charge in [-0.05, 0) is 60.2 Å². The highest BCUT2D eigenvalue weighted by Gasteiger charge is 2.37. The minimum Gasteiger partial charge on any atom is -0.481 e. The van der Waals surface area contributed by atoms with Gasteiger partial charge in [-0.3, -0.25) is 9.59 Å². The zero-order chi connectivity index (χ0) is 27.2. The van der Waals surface area contributed by atoms with Gasteiger partial charge in [0, 0.05) is 23.3 Å². The third-order valence-corrected chi connectivity index (χ3v) is 6.78. The van der Waals surface area contributed by atoms with Crippen LogP contribution in [0.15, 0.2) is 72.8 Å². The van der Waals surface area contributed by atoms with E-state index < -0.39 is 36.1 Å². The van der Waals surface area contributed by atoms with Crippen molar-refractivity contribution in [3.05, 3.63) is 100 Å². The Balaban J connectivity index is 0.000000408. The second-order valence-corrected chi connectivity index (χ2v) is 9.90. The number of hydrogen-bond donors (Lipinski definition) is 4. The molecular weight excluding hydrogens is 506 g/mol. The van der Waals surface area contributed by atoms with Gasteiger partial charge in [0.2, 0.25) is 5.91 Å². The number of nitrogens with zero attached hydrogens (tertiary/aromatic N) is 1. The number of fused-ring (bicyclic) bond motifs is 2. The van der Waals surface area contributed by atoms with Crippen LogP contribution in [0.2, 0.25) is 5.02 Å². The van der Waals surface area contributed by atoms with Crippen molar-refractivity contribution >= 4 is 35.2 Å². The average Bonchev–Trinajstić information content (AvgIpc) is 3.66. The fraction of sp³-hybridized carbons (Fsp3) is 0.276. The molecule has 8 nitrogen and oxygen atoms in total. The average molecular weight is 536 g/mol.